The van der Waals surface area contributed by atoms with Gasteiger partial charge in [-0.3, -0.25) is 0 Å². The average molecular weight is 260 g/mol. The van der Waals surface area contributed by atoms with Gasteiger partial charge in [0.15, 0.2) is 5.65 Å². The molecule has 0 aromatic carbocycles. The maximum atomic E-state index is 5.39. The number of aryl methyl sites for hydroxylation is 1. The molecule has 19 heavy (non-hydrogen) atoms. The Kier molecular flexibility index (Phi) is 3.48. The first-order chi connectivity index (χ1) is 9.24. The minimum atomic E-state index is 0.423. The Morgan fingerprint density at radius 1 is 1.47 bits per heavy atom. The molecule has 2 aromatic rings. The summed E-state index contributed by atoms with van der Waals surface area (Å²) in [6.45, 7) is 2.82. The average Bonchev–Trinajstić information content (AvgIpc) is 3.00. The number of ether oxygens (including phenoxy) is 1. The van der Waals surface area contributed by atoms with Crippen molar-refractivity contribution in [2.45, 2.75) is 44.9 Å². The normalized spacial score (nSPS) is 23.3. The van der Waals surface area contributed by atoms with Crippen LogP contribution >= 0.6 is 0 Å². The number of methoxy groups -OCH3 is 1. The first-order valence-electron chi connectivity index (χ1n) is 6.81. The van der Waals surface area contributed by atoms with Gasteiger partial charge in [0.05, 0.1) is 11.8 Å². The molecular formula is C14H20N4O. The zero-order valence-electron chi connectivity index (χ0n) is 11.5. The van der Waals surface area contributed by atoms with Crippen LogP contribution in [-0.4, -0.2) is 33.9 Å². The minimum absolute atomic E-state index is 0.423. The lowest BCUT2D eigenvalue weighted by Crippen LogP contribution is -2.26. The van der Waals surface area contributed by atoms with E-state index in [2.05, 4.69) is 15.4 Å². The molecule has 5 nitrogen and oxygen atoms in total. The number of rotatable bonds is 4. The molecule has 0 saturated heterocycles. The predicted octanol–water partition coefficient (Wildman–Crippen LogP) is 1.69. The van der Waals surface area contributed by atoms with Gasteiger partial charge in [-0.2, -0.15) is 5.10 Å². The van der Waals surface area contributed by atoms with E-state index in [1.165, 1.54) is 6.42 Å². The van der Waals surface area contributed by atoms with Crippen LogP contribution in [0.4, 0.5) is 0 Å². The fourth-order valence-electron chi connectivity index (χ4n) is 2.73. The molecule has 1 N–H and O–H groups in total. The van der Waals surface area contributed by atoms with Gasteiger partial charge in [-0.25, -0.2) is 9.50 Å². The number of nitrogens with zero attached hydrogens (tertiary/aromatic N) is 3. The zero-order valence-corrected chi connectivity index (χ0v) is 11.5. The Morgan fingerprint density at radius 2 is 2.37 bits per heavy atom. The second-order valence-electron chi connectivity index (χ2n) is 5.30. The lowest BCUT2D eigenvalue weighted by atomic mass is 10.2. The molecule has 1 aliphatic carbocycles. The number of fused-ring (bicyclic) bond motifs is 1. The van der Waals surface area contributed by atoms with E-state index >= 15 is 0 Å². The van der Waals surface area contributed by atoms with Crippen molar-refractivity contribution >= 4 is 5.65 Å². The van der Waals surface area contributed by atoms with Crippen molar-refractivity contribution in [1.29, 1.82) is 0 Å². The Balaban J connectivity index is 1.62. The van der Waals surface area contributed by atoms with Crippen LogP contribution in [0.3, 0.4) is 0 Å². The molecule has 5 heteroatoms. The smallest absolute Gasteiger partial charge is 0.155 e. The summed E-state index contributed by atoms with van der Waals surface area (Å²) in [4.78, 5) is 4.41. The van der Waals surface area contributed by atoms with Gasteiger partial charge in [0.2, 0.25) is 0 Å². The third-order valence-electron chi connectivity index (χ3n) is 3.80. The van der Waals surface area contributed by atoms with Crippen LogP contribution in [0.2, 0.25) is 0 Å². The Hall–Kier alpha value is -1.46. The maximum absolute atomic E-state index is 5.39. The molecule has 3 rings (SSSR count). The maximum Gasteiger partial charge on any atom is 0.155 e. The van der Waals surface area contributed by atoms with Crippen LogP contribution < -0.4 is 5.32 Å². The first-order valence-corrected chi connectivity index (χ1v) is 6.81. The van der Waals surface area contributed by atoms with Gasteiger partial charge in [-0.1, -0.05) is 0 Å². The van der Waals surface area contributed by atoms with E-state index in [-0.39, 0.29) is 0 Å². The summed E-state index contributed by atoms with van der Waals surface area (Å²) < 4.78 is 7.23. The Bertz CT molecular complexity index is 566. The number of nitrogens with one attached hydrogen (secondary N) is 1. The SMILES string of the molecule is COC1CCC(NCc2cnc3cc(C)nn3c2)C1. The van der Waals surface area contributed by atoms with Gasteiger partial charge < -0.3 is 10.1 Å². The van der Waals surface area contributed by atoms with Crippen LogP contribution in [0.1, 0.15) is 30.5 Å². The molecule has 1 fully saturated rings. The van der Waals surface area contributed by atoms with Gasteiger partial charge in [0.1, 0.15) is 0 Å². The van der Waals surface area contributed by atoms with Gasteiger partial charge in [-0.05, 0) is 26.2 Å². The predicted molar refractivity (Wildman–Crippen MR) is 73.0 cm³/mol. The van der Waals surface area contributed by atoms with E-state index in [0.717, 1.165) is 36.3 Å². The fourth-order valence-corrected chi connectivity index (χ4v) is 2.73. The third kappa shape index (κ3) is 2.77. The molecule has 0 aliphatic heterocycles. The molecule has 0 bridgehead atoms. The minimum Gasteiger partial charge on any atom is -0.381 e. The van der Waals surface area contributed by atoms with Crippen LogP contribution in [0.5, 0.6) is 0 Å². The van der Waals surface area contributed by atoms with E-state index in [1.807, 2.05) is 29.9 Å². The van der Waals surface area contributed by atoms with E-state index in [9.17, 15) is 0 Å². The van der Waals surface area contributed by atoms with Gasteiger partial charge >= 0.3 is 0 Å². The van der Waals surface area contributed by atoms with Crippen LogP contribution in [-0.2, 0) is 11.3 Å². The molecule has 2 unspecified atom stereocenters. The lowest BCUT2D eigenvalue weighted by Gasteiger charge is -2.12. The molecule has 0 amide bonds. The fraction of sp³-hybridized carbons (Fsp3) is 0.571. The number of hydrogen-bond donors (Lipinski definition) is 1. The summed E-state index contributed by atoms with van der Waals surface area (Å²) in [5.41, 5.74) is 3.06. The van der Waals surface area contributed by atoms with Crippen molar-refractivity contribution in [3.8, 4) is 0 Å². The van der Waals surface area contributed by atoms with Crippen molar-refractivity contribution in [1.82, 2.24) is 19.9 Å². The zero-order chi connectivity index (χ0) is 13.2. The molecule has 1 saturated carbocycles. The second-order valence-corrected chi connectivity index (χ2v) is 5.30. The van der Waals surface area contributed by atoms with Crippen LogP contribution in [0, 0.1) is 6.92 Å². The standard InChI is InChI=1S/C14H20N4O/c1-10-5-14-16-8-11(9-18(14)17-10)7-15-12-3-4-13(6-12)19-2/h5,8-9,12-13,15H,3-4,6-7H2,1-2H3. The first kappa shape index (κ1) is 12.6. The molecular weight excluding hydrogens is 240 g/mol. The Labute approximate surface area is 113 Å². The summed E-state index contributed by atoms with van der Waals surface area (Å²) >= 11 is 0. The third-order valence-corrected chi connectivity index (χ3v) is 3.80. The monoisotopic (exact) mass is 260 g/mol. The molecule has 2 heterocycles. The molecule has 2 aromatic heterocycles. The van der Waals surface area contributed by atoms with E-state index in [1.54, 1.807) is 7.11 Å². The Morgan fingerprint density at radius 3 is 3.16 bits per heavy atom. The topological polar surface area (TPSA) is 51.5 Å². The highest BCUT2D eigenvalue weighted by Crippen LogP contribution is 2.21. The molecule has 0 radical (unpaired) electrons. The molecule has 0 spiro atoms. The highest BCUT2D eigenvalue weighted by atomic mass is 16.5. The summed E-state index contributed by atoms with van der Waals surface area (Å²) in [5.74, 6) is 0. The van der Waals surface area contributed by atoms with Crippen molar-refractivity contribution < 1.29 is 4.74 Å². The number of aromatic nitrogens is 3. The summed E-state index contributed by atoms with van der Waals surface area (Å²) in [5, 5.41) is 7.96. The highest BCUT2D eigenvalue weighted by Gasteiger charge is 2.23. The van der Waals surface area contributed by atoms with E-state index < -0.39 is 0 Å². The highest BCUT2D eigenvalue weighted by molar-refractivity contribution is 5.38. The lowest BCUT2D eigenvalue weighted by molar-refractivity contribution is 0.107. The second kappa shape index (κ2) is 5.27. The quantitative estimate of drug-likeness (QED) is 0.909. The molecule has 1 aliphatic rings. The van der Waals surface area contributed by atoms with Gasteiger partial charge in [-0.15, -0.1) is 0 Å². The van der Waals surface area contributed by atoms with E-state index in [4.69, 9.17) is 4.74 Å². The van der Waals surface area contributed by atoms with Crippen molar-refractivity contribution in [3.63, 3.8) is 0 Å². The summed E-state index contributed by atoms with van der Waals surface area (Å²) in [7, 11) is 1.80. The number of hydrogen-bond acceptors (Lipinski definition) is 4. The summed E-state index contributed by atoms with van der Waals surface area (Å²) in [6.07, 6.45) is 7.84. The van der Waals surface area contributed by atoms with Crippen LogP contribution in [0.25, 0.3) is 5.65 Å². The van der Waals surface area contributed by atoms with Crippen molar-refractivity contribution in [2.75, 3.05) is 7.11 Å². The molecule has 102 valence electrons. The summed E-state index contributed by atoms with van der Waals surface area (Å²) in [6, 6.07) is 2.54. The van der Waals surface area contributed by atoms with Gasteiger partial charge in [0.25, 0.3) is 0 Å². The van der Waals surface area contributed by atoms with E-state index in [0.29, 0.717) is 12.1 Å². The van der Waals surface area contributed by atoms with Crippen molar-refractivity contribution in [2.24, 2.45) is 0 Å². The largest absolute Gasteiger partial charge is 0.381 e. The van der Waals surface area contributed by atoms with Crippen molar-refractivity contribution in [3.05, 3.63) is 29.7 Å². The molecule has 2 atom stereocenters. The van der Waals surface area contributed by atoms with Gasteiger partial charge in [0, 0.05) is 43.7 Å². The van der Waals surface area contributed by atoms with Crippen LogP contribution in [0.15, 0.2) is 18.5 Å².